The minimum atomic E-state index is -0.198. The van der Waals surface area contributed by atoms with Crippen molar-refractivity contribution >= 4 is 17.8 Å². The number of nitrogens with one attached hydrogen (secondary N) is 2. The molecule has 3 rings (SSSR count). The molecular formula is C24H30N4O3. The molecule has 1 heterocycles. The van der Waals surface area contributed by atoms with Gasteiger partial charge in [0, 0.05) is 25.2 Å². The number of hydrogen-bond donors (Lipinski definition) is 2. The Kier molecular flexibility index (Phi) is 8.04. The molecule has 2 aromatic rings. The summed E-state index contributed by atoms with van der Waals surface area (Å²) in [6.45, 7) is 6.99. The molecule has 0 saturated heterocycles. The molecule has 2 amide bonds. The van der Waals surface area contributed by atoms with Crippen LogP contribution in [0.15, 0.2) is 53.5 Å². The maximum absolute atomic E-state index is 12.4. The first-order valence-corrected chi connectivity index (χ1v) is 10.8. The lowest BCUT2D eigenvalue weighted by molar-refractivity contribution is 0.0652. The maximum atomic E-state index is 12.4. The standard InChI is InChI=1S/C24H30N4O3/c1-3-25-24(27-17-18-11-5-8-14-21(18)31-4-2)26-15-9-10-16-28-22(29)19-12-6-7-13-20(19)23(28)30/h5-8,11-14H,3-4,9-10,15-17H2,1-2H3,(H2,25,26,27). The number of imide groups is 1. The number of guanidine groups is 1. The van der Waals surface area contributed by atoms with Crippen molar-refractivity contribution in [3.8, 4) is 5.75 Å². The maximum Gasteiger partial charge on any atom is 0.261 e. The molecule has 2 aromatic carbocycles. The predicted octanol–water partition coefficient (Wildman–Crippen LogP) is 3.22. The van der Waals surface area contributed by atoms with Gasteiger partial charge in [-0.05, 0) is 44.9 Å². The fourth-order valence-electron chi connectivity index (χ4n) is 3.48. The summed E-state index contributed by atoms with van der Waals surface area (Å²) in [5.41, 5.74) is 2.03. The smallest absolute Gasteiger partial charge is 0.261 e. The zero-order valence-corrected chi connectivity index (χ0v) is 18.2. The normalized spacial score (nSPS) is 13.4. The first-order chi connectivity index (χ1) is 15.2. The topological polar surface area (TPSA) is 83.0 Å². The minimum absolute atomic E-state index is 0.198. The van der Waals surface area contributed by atoms with Crippen LogP contribution in [0.2, 0.25) is 0 Å². The van der Waals surface area contributed by atoms with Crippen molar-refractivity contribution in [3.63, 3.8) is 0 Å². The third-order valence-electron chi connectivity index (χ3n) is 5.00. The van der Waals surface area contributed by atoms with Gasteiger partial charge < -0.3 is 15.4 Å². The van der Waals surface area contributed by atoms with Crippen molar-refractivity contribution in [1.29, 1.82) is 0 Å². The average molecular weight is 423 g/mol. The van der Waals surface area contributed by atoms with Crippen LogP contribution in [0.25, 0.3) is 0 Å². The van der Waals surface area contributed by atoms with Crippen LogP contribution < -0.4 is 15.4 Å². The second kappa shape index (κ2) is 11.2. The van der Waals surface area contributed by atoms with Crippen molar-refractivity contribution in [2.45, 2.75) is 33.2 Å². The molecule has 7 nitrogen and oxygen atoms in total. The highest BCUT2D eigenvalue weighted by molar-refractivity contribution is 6.21. The molecule has 1 aliphatic rings. The van der Waals surface area contributed by atoms with E-state index in [2.05, 4.69) is 15.6 Å². The molecule has 0 aromatic heterocycles. The number of nitrogens with zero attached hydrogens (tertiary/aromatic N) is 2. The number of ether oxygens (including phenoxy) is 1. The van der Waals surface area contributed by atoms with Crippen molar-refractivity contribution in [2.24, 2.45) is 4.99 Å². The Morgan fingerprint density at radius 2 is 1.61 bits per heavy atom. The van der Waals surface area contributed by atoms with Crippen LogP contribution in [-0.4, -0.2) is 48.9 Å². The van der Waals surface area contributed by atoms with Gasteiger partial charge in [0.05, 0.1) is 24.3 Å². The Morgan fingerprint density at radius 3 is 2.29 bits per heavy atom. The second-order valence-electron chi connectivity index (χ2n) is 7.18. The monoisotopic (exact) mass is 422 g/mol. The first-order valence-electron chi connectivity index (χ1n) is 10.8. The SMILES string of the molecule is CCNC(=NCc1ccccc1OCC)NCCCCN1C(=O)c2ccccc2C1=O. The van der Waals surface area contributed by atoms with Gasteiger partial charge in [-0.3, -0.25) is 14.5 Å². The molecule has 7 heteroatoms. The van der Waals surface area contributed by atoms with Crippen molar-refractivity contribution in [3.05, 3.63) is 65.2 Å². The largest absolute Gasteiger partial charge is 0.494 e. The summed E-state index contributed by atoms with van der Waals surface area (Å²) in [4.78, 5) is 30.8. The summed E-state index contributed by atoms with van der Waals surface area (Å²) in [5, 5.41) is 6.56. The summed E-state index contributed by atoms with van der Waals surface area (Å²) < 4.78 is 5.66. The fraction of sp³-hybridized carbons (Fsp3) is 0.375. The van der Waals surface area contributed by atoms with E-state index in [1.165, 1.54) is 4.90 Å². The molecule has 2 N–H and O–H groups in total. The summed E-state index contributed by atoms with van der Waals surface area (Å²) in [6.07, 6.45) is 1.54. The van der Waals surface area contributed by atoms with Crippen molar-refractivity contribution < 1.29 is 14.3 Å². The molecule has 164 valence electrons. The van der Waals surface area contributed by atoms with Crippen LogP contribution in [0.4, 0.5) is 0 Å². The molecule has 0 radical (unpaired) electrons. The summed E-state index contributed by atoms with van der Waals surface area (Å²) in [7, 11) is 0. The third kappa shape index (κ3) is 5.63. The second-order valence-corrected chi connectivity index (χ2v) is 7.18. The number of para-hydroxylation sites is 1. The van der Waals surface area contributed by atoms with Crippen LogP contribution in [-0.2, 0) is 6.54 Å². The van der Waals surface area contributed by atoms with E-state index in [1.54, 1.807) is 24.3 Å². The molecule has 1 aliphatic heterocycles. The highest BCUT2D eigenvalue weighted by Crippen LogP contribution is 2.22. The number of unbranched alkanes of at least 4 members (excludes halogenated alkanes) is 1. The number of aliphatic imine (C=N–C) groups is 1. The summed E-state index contributed by atoms with van der Waals surface area (Å²) in [5.74, 6) is 1.19. The van der Waals surface area contributed by atoms with Crippen LogP contribution in [0.3, 0.4) is 0 Å². The first kappa shape index (κ1) is 22.3. The van der Waals surface area contributed by atoms with E-state index in [4.69, 9.17) is 4.74 Å². The van der Waals surface area contributed by atoms with Crippen LogP contribution in [0.1, 0.15) is 53.0 Å². The lowest BCUT2D eigenvalue weighted by atomic mass is 10.1. The van der Waals surface area contributed by atoms with Gasteiger partial charge >= 0.3 is 0 Å². The van der Waals surface area contributed by atoms with E-state index in [0.29, 0.717) is 37.4 Å². The highest BCUT2D eigenvalue weighted by atomic mass is 16.5. The van der Waals surface area contributed by atoms with Gasteiger partial charge in [-0.2, -0.15) is 0 Å². The molecule has 0 unspecified atom stereocenters. The molecule has 0 aliphatic carbocycles. The van der Waals surface area contributed by atoms with Gasteiger partial charge in [0.2, 0.25) is 0 Å². The molecular weight excluding hydrogens is 392 g/mol. The molecule has 0 spiro atoms. The van der Waals surface area contributed by atoms with Gasteiger partial charge in [-0.1, -0.05) is 30.3 Å². The molecule has 0 saturated carbocycles. The number of benzene rings is 2. The van der Waals surface area contributed by atoms with Crippen LogP contribution in [0, 0.1) is 0 Å². The minimum Gasteiger partial charge on any atom is -0.494 e. The van der Waals surface area contributed by atoms with E-state index < -0.39 is 0 Å². The predicted molar refractivity (Wildman–Crippen MR) is 121 cm³/mol. The highest BCUT2D eigenvalue weighted by Gasteiger charge is 2.34. The zero-order valence-electron chi connectivity index (χ0n) is 18.2. The Morgan fingerprint density at radius 1 is 0.935 bits per heavy atom. The Hall–Kier alpha value is -3.35. The van der Waals surface area contributed by atoms with Gasteiger partial charge in [0.15, 0.2) is 5.96 Å². The number of fused-ring (bicyclic) bond motifs is 1. The van der Waals surface area contributed by atoms with Gasteiger partial charge in [0.25, 0.3) is 11.8 Å². The van der Waals surface area contributed by atoms with E-state index in [9.17, 15) is 9.59 Å². The van der Waals surface area contributed by atoms with Gasteiger partial charge in [0.1, 0.15) is 5.75 Å². The summed E-state index contributed by atoms with van der Waals surface area (Å²) >= 11 is 0. The quantitative estimate of drug-likeness (QED) is 0.266. The molecule has 31 heavy (non-hydrogen) atoms. The van der Waals surface area contributed by atoms with Gasteiger partial charge in [-0.15, -0.1) is 0 Å². The average Bonchev–Trinajstić information content (AvgIpc) is 3.03. The number of carbonyl (C=O) groups is 2. The third-order valence-corrected chi connectivity index (χ3v) is 5.00. The number of rotatable bonds is 10. The van der Waals surface area contributed by atoms with Crippen molar-refractivity contribution in [1.82, 2.24) is 15.5 Å². The van der Waals surface area contributed by atoms with E-state index in [-0.39, 0.29) is 11.8 Å². The summed E-state index contributed by atoms with van der Waals surface area (Å²) in [6, 6.07) is 14.9. The van der Waals surface area contributed by atoms with Crippen LogP contribution in [0.5, 0.6) is 5.75 Å². The van der Waals surface area contributed by atoms with E-state index >= 15 is 0 Å². The lowest BCUT2D eigenvalue weighted by Crippen LogP contribution is -2.38. The van der Waals surface area contributed by atoms with Crippen LogP contribution >= 0.6 is 0 Å². The number of amides is 2. The zero-order chi connectivity index (χ0) is 22.1. The van der Waals surface area contributed by atoms with Gasteiger partial charge in [-0.25, -0.2) is 4.99 Å². The molecule has 0 bridgehead atoms. The number of carbonyl (C=O) groups excluding carboxylic acids is 2. The fourth-order valence-corrected chi connectivity index (χ4v) is 3.48. The van der Waals surface area contributed by atoms with Crippen molar-refractivity contribution in [2.75, 3.05) is 26.2 Å². The number of hydrogen-bond acceptors (Lipinski definition) is 4. The Bertz CT molecular complexity index is 907. The Balaban J connectivity index is 1.47. The van der Waals surface area contributed by atoms with E-state index in [0.717, 1.165) is 36.7 Å². The molecule has 0 fully saturated rings. The van der Waals surface area contributed by atoms with E-state index in [1.807, 2.05) is 38.1 Å². The molecule has 0 atom stereocenters. The Labute approximate surface area is 183 Å². The lowest BCUT2D eigenvalue weighted by Gasteiger charge is -2.15.